The molecule has 3 rings (SSSR count). The summed E-state index contributed by atoms with van der Waals surface area (Å²) in [6.45, 7) is 3.62. The van der Waals surface area contributed by atoms with Crippen molar-refractivity contribution in [3.63, 3.8) is 0 Å². The van der Waals surface area contributed by atoms with Gasteiger partial charge < -0.3 is 14.7 Å². The van der Waals surface area contributed by atoms with Crippen LogP contribution >= 0.6 is 27.3 Å². The summed E-state index contributed by atoms with van der Waals surface area (Å²) in [5, 5.41) is 10.9. The van der Waals surface area contributed by atoms with Crippen molar-refractivity contribution >= 4 is 49.4 Å². The molecule has 0 saturated heterocycles. The van der Waals surface area contributed by atoms with Crippen LogP contribution in [0.15, 0.2) is 40.9 Å². The van der Waals surface area contributed by atoms with Gasteiger partial charge in [-0.2, -0.15) is 0 Å². The molecular formula is C20H19BrN2O4S. The van der Waals surface area contributed by atoms with Gasteiger partial charge in [0.25, 0.3) is 5.91 Å². The number of likely N-dealkylation sites (N-methyl/N-ethyl adjacent to an activating group) is 1. The van der Waals surface area contributed by atoms with Crippen molar-refractivity contribution in [2.45, 2.75) is 26.5 Å². The van der Waals surface area contributed by atoms with E-state index in [4.69, 9.17) is 4.74 Å². The van der Waals surface area contributed by atoms with Gasteiger partial charge in [-0.3, -0.25) is 4.79 Å². The number of hydrogen-bond acceptors (Lipinski definition) is 6. The Morgan fingerprint density at radius 3 is 2.75 bits per heavy atom. The molecule has 1 amide bonds. The Morgan fingerprint density at radius 1 is 1.32 bits per heavy atom. The number of benzene rings is 2. The molecule has 1 heterocycles. The number of rotatable bonds is 5. The van der Waals surface area contributed by atoms with Crippen LogP contribution in [0.3, 0.4) is 0 Å². The summed E-state index contributed by atoms with van der Waals surface area (Å²) in [7, 11) is 1.64. The van der Waals surface area contributed by atoms with E-state index in [2.05, 4.69) is 20.9 Å². The van der Waals surface area contributed by atoms with E-state index in [9.17, 15) is 14.7 Å². The fraction of sp³-hybridized carbons (Fsp3) is 0.250. The van der Waals surface area contributed by atoms with Crippen molar-refractivity contribution in [1.82, 2.24) is 9.88 Å². The maximum atomic E-state index is 12.6. The molecule has 0 fully saturated rings. The second-order valence-electron chi connectivity index (χ2n) is 6.46. The number of nitrogens with zero attached hydrogens (tertiary/aromatic N) is 2. The third-order valence-corrected chi connectivity index (χ3v) is 5.77. The Morgan fingerprint density at radius 2 is 2.04 bits per heavy atom. The molecule has 1 N–H and O–H groups in total. The lowest BCUT2D eigenvalue weighted by Crippen LogP contribution is -2.37. The molecule has 0 radical (unpaired) electrons. The summed E-state index contributed by atoms with van der Waals surface area (Å²) in [5.74, 6) is -1.31. The molecule has 0 aliphatic carbocycles. The minimum atomic E-state index is -0.995. The highest BCUT2D eigenvalue weighted by atomic mass is 79.9. The normalized spacial score (nSPS) is 12.0. The molecular weight excluding hydrogens is 444 g/mol. The molecule has 1 unspecified atom stereocenters. The summed E-state index contributed by atoms with van der Waals surface area (Å²) < 4.78 is 6.73. The summed E-state index contributed by atoms with van der Waals surface area (Å²) in [4.78, 5) is 31.0. The van der Waals surface area contributed by atoms with Gasteiger partial charge in [0.15, 0.2) is 6.10 Å². The number of aromatic hydroxyl groups is 1. The number of carbonyl (C=O) groups is 2. The summed E-state index contributed by atoms with van der Waals surface area (Å²) >= 11 is 4.72. The van der Waals surface area contributed by atoms with Gasteiger partial charge in [0.05, 0.1) is 21.2 Å². The molecule has 0 bridgehead atoms. The zero-order chi connectivity index (χ0) is 20.4. The van der Waals surface area contributed by atoms with Gasteiger partial charge in [0, 0.05) is 7.05 Å². The smallest absolute Gasteiger partial charge is 0.342 e. The number of esters is 1. The summed E-state index contributed by atoms with van der Waals surface area (Å²) in [6, 6.07) is 11.0. The van der Waals surface area contributed by atoms with E-state index >= 15 is 0 Å². The molecule has 8 heteroatoms. The van der Waals surface area contributed by atoms with Crippen molar-refractivity contribution in [3.05, 3.63) is 57.0 Å². The average molecular weight is 463 g/mol. The molecule has 0 aliphatic heterocycles. The fourth-order valence-electron chi connectivity index (χ4n) is 2.74. The van der Waals surface area contributed by atoms with E-state index in [-0.39, 0.29) is 17.2 Å². The molecule has 6 nitrogen and oxygen atoms in total. The van der Waals surface area contributed by atoms with Crippen LogP contribution in [0.2, 0.25) is 0 Å². The second kappa shape index (κ2) is 8.28. The van der Waals surface area contributed by atoms with E-state index in [0.29, 0.717) is 11.0 Å². The molecule has 0 aliphatic rings. The van der Waals surface area contributed by atoms with Crippen molar-refractivity contribution in [1.29, 1.82) is 0 Å². The largest absolute Gasteiger partial charge is 0.506 e. The van der Waals surface area contributed by atoms with E-state index in [1.807, 2.05) is 24.3 Å². The summed E-state index contributed by atoms with van der Waals surface area (Å²) in [5.41, 5.74) is 1.69. The Kier molecular flexibility index (Phi) is 6.00. The lowest BCUT2D eigenvalue weighted by molar-refractivity contribution is -0.139. The molecule has 28 heavy (non-hydrogen) atoms. The van der Waals surface area contributed by atoms with Crippen LogP contribution in [-0.4, -0.2) is 40.0 Å². The number of carbonyl (C=O) groups excluding carboxylic acids is 2. The van der Waals surface area contributed by atoms with Crippen LogP contribution in [0.25, 0.3) is 10.2 Å². The second-order valence-corrected chi connectivity index (χ2v) is 8.43. The van der Waals surface area contributed by atoms with Crippen molar-refractivity contribution < 1.29 is 19.4 Å². The molecule has 3 aromatic rings. The first-order valence-electron chi connectivity index (χ1n) is 8.55. The number of ether oxygens (including phenoxy) is 1. The Bertz CT molecular complexity index is 1020. The van der Waals surface area contributed by atoms with Gasteiger partial charge in [-0.1, -0.05) is 12.1 Å². The number of phenols is 1. The number of thiazole rings is 1. The number of phenolic OH excluding ortho intramolecular Hbond substituents is 1. The first-order chi connectivity index (χ1) is 13.3. The Labute approximate surface area is 174 Å². The van der Waals surface area contributed by atoms with Crippen LogP contribution in [0, 0.1) is 6.92 Å². The molecule has 0 saturated carbocycles. The number of aryl methyl sites for hydroxylation is 1. The average Bonchev–Trinajstić information content (AvgIpc) is 3.05. The third kappa shape index (κ3) is 4.34. The van der Waals surface area contributed by atoms with Crippen LogP contribution in [0.1, 0.15) is 27.9 Å². The van der Waals surface area contributed by atoms with Crippen LogP contribution in [-0.2, 0) is 16.1 Å². The number of hydrogen-bond donors (Lipinski definition) is 1. The van der Waals surface area contributed by atoms with Gasteiger partial charge in [-0.05, 0) is 59.6 Å². The van der Waals surface area contributed by atoms with Crippen molar-refractivity contribution in [2.24, 2.45) is 0 Å². The van der Waals surface area contributed by atoms with Gasteiger partial charge in [0.2, 0.25) is 0 Å². The molecule has 0 spiro atoms. The predicted octanol–water partition coefficient (Wildman–Crippen LogP) is 4.28. The standard InChI is InChI=1S/C20H19BrN2O4S/c1-11-8-13(18(24)14(21)9-11)20(26)27-12(2)19(25)23(3)10-17-22-15-6-4-5-7-16(15)28-17/h4-9,12,24H,10H2,1-3H3. The van der Waals surface area contributed by atoms with Crippen molar-refractivity contribution in [2.75, 3.05) is 7.05 Å². The number of amides is 1. The highest BCUT2D eigenvalue weighted by Gasteiger charge is 2.25. The SMILES string of the molecule is Cc1cc(Br)c(O)c(C(=O)OC(C)C(=O)N(C)Cc2nc3ccccc3s2)c1. The minimum Gasteiger partial charge on any atom is -0.506 e. The third-order valence-electron chi connectivity index (χ3n) is 4.15. The van der Waals surface area contributed by atoms with Crippen LogP contribution in [0.5, 0.6) is 5.75 Å². The van der Waals surface area contributed by atoms with Gasteiger partial charge in [-0.15, -0.1) is 11.3 Å². The van der Waals surface area contributed by atoms with Gasteiger partial charge in [-0.25, -0.2) is 9.78 Å². The minimum absolute atomic E-state index is 0.0142. The Balaban J connectivity index is 1.67. The Hall–Kier alpha value is -2.45. The van der Waals surface area contributed by atoms with Gasteiger partial charge >= 0.3 is 5.97 Å². The van der Waals surface area contributed by atoms with Crippen LogP contribution < -0.4 is 0 Å². The van der Waals surface area contributed by atoms with E-state index in [1.54, 1.807) is 20.0 Å². The highest BCUT2D eigenvalue weighted by molar-refractivity contribution is 9.10. The number of aromatic nitrogens is 1. The maximum absolute atomic E-state index is 12.6. The van der Waals surface area contributed by atoms with Crippen LogP contribution in [0.4, 0.5) is 0 Å². The topological polar surface area (TPSA) is 79.7 Å². The predicted molar refractivity (Wildman–Crippen MR) is 112 cm³/mol. The van der Waals surface area contributed by atoms with E-state index in [1.165, 1.54) is 29.2 Å². The zero-order valence-corrected chi connectivity index (χ0v) is 18.0. The zero-order valence-electron chi connectivity index (χ0n) is 15.6. The van der Waals surface area contributed by atoms with Crippen molar-refractivity contribution in [3.8, 4) is 5.75 Å². The fourth-order valence-corrected chi connectivity index (χ4v) is 4.34. The number of halogens is 1. The lowest BCUT2D eigenvalue weighted by atomic mass is 10.1. The molecule has 1 atom stereocenters. The van der Waals surface area contributed by atoms with E-state index in [0.717, 1.165) is 20.8 Å². The number of fused-ring (bicyclic) bond motifs is 1. The quantitative estimate of drug-likeness (QED) is 0.572. The van der Waals surface area contributed by atoms with Gasteiger partial charge in [0.1, 0.15) is 16.3 Å². The highest BCUT2D eigenvalue weighted by Crippen LogP contribution is 2.30. The van der Waals surface area contributed by atoms with E-state index < -0.39 is 12.1 Å². The molecule has 146 valence electrons. The monoisotopic (exact) mass is 462 g/mol. The summed E-state index contributed by atoms with van der Waals surface area (Å²) in [6.07, 6.45) is -0.995. The molecule has 2 aromatic carbocycles. The maximum Gasteiger partial charge on any atom is 0.342 e. The molecule has 1 aromatic heterocycles. The first-order valence-corrected chi connectivity index (χ1v) is 10.2. The number of para-hydroxylation sites is 1. The first kappa shape index (κ1) is 20.3. The lowest BCUT2D eigenvalue weighted by Gasteiger charge is -2.20.